The van der Waals surface area contributed by atoms with E-state index >= 15 is 0 Å². The van der Waals surface area contributed by atoms with E-state index in [4.69, 9.17) is 10.5 Å². The molecule has 2 atom stereocenters. The van der Waals surface area contributed by atoms with Crippen molar-refractivity contribution < 1.29 is 13.2 Å². The zero-order chi connectivity index (χ0) is 12.9. The van der Waals surface area contributed by atoms with Gasteiger partial charge in [-0.05, 0) is 32.7 Å². The van der Waals surface area contributed by atoms with Crippen molar-refractivity contribution in [2.24, 2.45) is 5.73 Å². The van der Waals surface area contributed by atoms with Crippen LogP contribution < -0.4 is 10.5 Å². The van der Waals surface area contributed by atoms with Crippen LogP contribution in [-0.4, -0.2) is 51.6 Å². The highest BCUT2D eigenvalue weighted by molar-refractivity contribution is 7.87. The van der Waals surface area contributed by atoms with Crippen LogP contribution in [0.15, 0.2) is 0 Å². The SMILES string of the molecule is CC1CC(NS(=O)(=O)N(C)CCCN)CCO1. The molecule has 1 aliphatic rings. The summed E-state index contributed by atoms with van der Waals surface area (Å²) in [6, 6.07) is -0.0240. The van der Waals surface area contributed by atoms with E-state index in [0.29, 0.717) is 26.1 Å². The third kappa shape index (κ3) is 4.89. The molecule has 1 heterocycles. The lowest BCUT2D eigenvalue weighted by Gasteiger charge is -2.29. The topological polar surface area (TPSA) is 84.7 Å². The van der Waals surface area contributed by atoms with Crippen LogP contribution >= 0.6 is 0 Å². The van der Waals surface area contributed by atoms with Crippen molar-refractivity contribution in [3.8, 4) is 0 Å². The number of nitrogens with two attached hydrogens (primary N) is 1. The quantitative estimate of drug-likeness (QED) is 0.688. The summed E-state index contributed by atoms with van der Waals surface area (Å²) in [6.45, 7) is 3.51. The predicted octanol–water partition coefficient (Wildman–Crippen LogP) is -0.331. The molecule has 0 saturated carbocycles. The molecule has 1 saturated heterocycles. The molecule has 0 spiro atoms. The molecule has 0 bridgehead atoms. The number of nitrogens with one attached hydrogen (secondary N) is 1. The molecule has 1 aliphatic heterocycles. The van der Waals surface area contributed by atoms with Crippen LogP contribution in [0.25, 0.3) is 0 Å². The van der Waals surface area contributed by atoms with Crippen LogP contribution in [0.1, 0.15) is 26.2 Å². The summed E-state index contributed by atoms with van der Waals surface area (Å²) in [5.74, 6) is 0. The fourth-order valence-electron chi connectivity index (χ4n) is 1.84. The fraction of sp³-hybridized carbons (Fsp3) is 1.00. The van der Waals surface area contributed by atoms with Gasteiger partial charge < -0.3 is 10.5 Å². The van der Waals surface area contributed by atoms with Crippen LogP contribution in [0.3, 0.4) is 0 Å². The van der Waals surface area contributed by atoms with E-state index < -0.39 is 10.2 Å². The van der Waals surface area contributed by atoms with Gasteiger partial charge in [-0.25, -0.2) is 0 Å². The van der Waals surface area contributed by atoms with Crippen molar-refractivity contribution in [2.75, 3.05) is 26.7 Å². The second-order valence-corrected chi connectivity index (χ2v) is 6.30. The molecule has 17 heavy (non-hydrogen) atoms. The summed E-state index contributed by atoms with van der Waals surface area (Å²) < 4.78 is 33.3. The Morgan fingerprint density at radius 1 is 1.53 bits per heavy atom. The van der Waals surface area contributed by atoms with Gasteiger partial charge in [-0.3, -0.25) is 0 Å². The first-order chi connectivity index (χ1) is 7.95. The van der Waals surface area contributed by atoms with E-state index in [1.54, 1.807) is 7.05 Å². The third-order valence-corrected chi connectivity index (χ3v) is 4.52. The minimum absolute atomic E-state index is 0.0240. The molecular weight excluding hydrogens is 242 g/mol. The van der Waals surface area contributed by atoms with Crippen LogP contribution in [0.2, 0.25) is 0 Å². The maximum absolute atomic E-state index is 11.9. The Morgan fingerprint density at radius 3 is 2.82 bits per heavy atom. The molecule has 1 fully saturated rings. The summed E-state index contributed by atoms with van der Waals surface area (Å²) in [6.07, 6.45) is 2.24. The molecule has 0 aliphatic carbocycles. The minimum atomic E-state index is -3.38. The fourth-order valence-corrected chi connectivity index (χ4v) is 3.02. The average molecular weight is 265 g/mol. The highest BCUT2D eigenvalue weighted by atomic mass is 32.2. The smallest absolute Gasteiger partial charge is 0.279 e. The van der Waals surface area contributed by atoms with Crippen molar-refractivity contribution in [2.45, 2.75) is 38.3 Å². The number of hydrogen-bond donors (Lipinski definition) is 2. The van der Waals surface area contributed by atoms with Crippen LogP contribution in [0.4, 0.5) is 0 Å². The van der Waals surface area contributed by atoms with Crippen LogP contribution in [-0.2, 0) is 14.9 Å². The second-order valence-electron chi connectivity index (χ2n) is 4.49. The molecule has 3 N–H and O–H groups in total. The monoisotopic (exact) mass is 265 g/mol. The van der Waals surface area contributed by atoms with Crippen molar-refractivity contribution in [1.29, 1.82) is 0 Å². The van der Waals surface area contributed by atoms with Gasteiger partial charge in [0.1, 0.15) is 0 Å². The predicted molar refractivity (Wildman–Crippen MR) is 66.8 cm³/mol. The lowest BCUT2D eigenvalue weighted by molar-refractivity contribution is 0.0171. The molecule has 1 rings (SSSR count). The lowest BCUT2D eigenvalue weighted by Crippen LogP contribution is -2.47. The molecule has 6 nitrogen and oxygen atoms in total. The van der Waals surface area contributed by atoms with E-state index in [1.807, 2.05) is 6.92 Å². The van der Waals surface area contributed by atoms with E-state index in [-0.39, 0.29) is 12.1 Å². The Morgan fingerprint density at radius 2 is 2.24 bits per heavy atom. The minimum Gasteiger partial charge on any atom is -0.378 e. The molecule has 102 valence electrons. The Bertz CT molecular complexity index is 321. The van der Waals surface area contributed by atoms with Gasteiger partial charge in [0.15, 0.2) is 0 Å². The normalized spacial score (nSPS) is 26.4. The zero-order valence-corrected chi connectivity index (χ0v) is 11.4. The Balaban J connectivity index is 2.47. The number of rotatable bonds is 6. The largest absolute Gasteiger partial charge is 0.378 e. The Hall–Kier alpha value is -0.210. The Labute approximate surface area is 104 Å². The molecule has 0 aromatic carbocycles. The summed E-state index contributed by atoms with van der Waals surface area (Å²) in [5, 5.41) is 0. The van der Waals surface area contributed by atoms with Gasteiger partial charge in [-0.2, -0.15) is 17.4 Å². The van der Waals surface area contributed by atoms with Crippen molar-refractivity contribution in [3.63, 3.8) is 0 Å². The van der Waals surface area contributed by atoms with Gasteiger partial charge in [-0.15, -0.1) is 0 Å². The van der Waals surface area contributed by atoms with E-state index in [2.05, 4.69) is 4.72 Å². The highest BCUT2D eigenvalue weighted by Crippen LogP contribution is 2.14. The molecule has 0 radical (unpaired) electrons. The second kappa shape index (κ2) is 6.65. The van der Waals surface area contributed by atoms with Gasteiger partial charge in [-0.1, -0.05) is 0 Å². The molecule has 0 aromatic heterocycles. The van der Waals surface area contributed by atoms with Gasteiger partial charge in [0.2, 0.25) is 0 Å². The first-order valence-electron chi connectivity index (χ1n) is 6.01. The Kier molecular flexibility index (Phi) is 5.81. The third-order valence-electron chi connectivity index (χ3n) is 2.89. The van der Waals surface area contributed by atoms with Gasteiger partial charge in [0.05, 0.1) is 6.10 Å². The van der Waals surface area contributed by atoms with E-state index in [9.17, 15) is 8.42 Å². The van der Waals surface area contributed by atoms with Gasteiger partial charge in [0, 0.05) is 26.2 Å². The van der Waals surface area contributed by atoms with Crippen LogP contribution in [0.5, 0.6) is 0 Å². The first kappa shape index (κ1) is 14.8. The molecule has 7 heteroatoms. The maximum atomic E-state index is 11.9. The van der Waals surface area contributed by atoms with E-state index in [1.165, 1.54) is 4.31 Å². The van der Waals surface area contributed by atoms with Crippen molar-refractivity contribution in [1.82, 2.24) is 9.03 Å². The zero-order valence-electron chi connectivity index (χ0n) is 10.6. The summed E-state index contributed by atoms with van der Waals surface area (Å²) in [5.41, 5.74) is 5.36. The number of ether oxygens (including phenoxy) is 1. The number of hydrogen-bond acceptors (Lipinski definition) is 4. The summed E-state index contributed by atoms with van der Waals surface area (Å²) >= 11 is 0. The maximum Gasteiger partial charge on any atom is 0.279 e. The van der Waals surface area contributed by atoms with Gasteiger partial charge in [0.25, 0.3) is 10.2 Å². The summed E-state index contributed by atoms with van der Waals surface area (Å²) in [7, 11) is -1.81. The molecule has 0 amide bonds. The van der Waals surface area contributed by atoms with E-state index in [0.717, 1.165) is 12.8 Å². The van der Waals surface area contributed by atoms with Gasteiger partial charge >= 0.3 is 0 Å². The summed E-state index contributed by atoms with van der Waals surface area (Å²) in [4.78, 5) is 0. The molecular formula is C10H23N3O3S. The standard InChI is InChI=1S/C10H23N3O3S/c1-9-8-10(4-7-16-9)12-17(14,15)13(2)6-3-5-11/h9-10,12H,3-8,11H2,1-2H3. The number of nitrogens with zero attached hydrogens (tertiary/aromatic N) is 1. The van der Waals surface area contributed by atoms with Crippen molar-refractivity contribution >= 4 is 10.2 Å². The average Bonchev–Trinajstić information content (AvgIpc) is 2.25. The molecule has 0 aromatic rings. The van der Waals surface area contributed by atoms with Crippen molar-refractivity contribution in [3.05, 3.63) is 0 Å². The first-order valence-corrected chi connectivity index (χ1v) is 7.45. The lowest BCUT2D eigenvalue weighted by atomic mass is 10.1. The molecule has 2 unspecified atom stereocenters. The highest BCUT2D eigenvalue weighted by Gasteiger charge is 2.26. The van der Waals surface area contributed by atoms with Crippen LogP contribution in [0, 0.1) is 0 Å².